The molecule has 4 aromatic carbocycles. The lowest BCUT2D eigenvalue weighted by Crippen LogP contribution is -2.41. The van der Waals surface area contributed by atoms with Gasteiger partial charge in [-0.1, -0.05) is 75.2 Å². The number of hydrogen-bond acceptors (Lipinski definition) is 8. The smallest absolute Gasteiger partial charge is 0.274 e. The Labute approximate surface area is 310 Å². The van der Waals surface area contributed by atoms with E-state index in [1.54, 1.807) is 42.1 Å². The Morgan fingerprint density at radius 1 is 0.925 bits per heavy atom. The molecule has 4 N–H and O–H groups in total. The normalized spacial score (nSPS) is 14.2. The fraction of sp³-hybridized carbons (Fsp3) is 0.317. The van der Waals surface area contributed by atoms with E-state index < -0.39 is 15.9 Å². The van der Waals surface area contributed by atoms with E-state index in [-0.39, 0.29) is 39.4 Å². The second-order valence-corrected chi connectivity index (χ2v) is 15.2. The number of amides is 2. The number of nitrogens with two attached hydrogens (primary N) is 1. The van der Waals surface area contributed by atoms with Crippen LogP contribution in [0.5, 0.6) is 0 Å². The van der Waals surface area contributed by atoms with Gasteiger partial charge in [0.1, 0.15) is 11.5 Å². The maximum atomic E-state index is 14.7. The zero-order valence-electron chi connectivity index (χ0n) is 30.4. The molecule has 2 amide bonds. The van der Waals surface area contributed by atoms with Gasteiger partial charge in [-0.15, -0.1) is 0 Å². The standard InChI is InChI=1S/C41H46N6O5S/c1-4-6-19-47(20-7-5-2)41(50)37-26-46(3)39(44-37)34-18-16-29(40(49)45-53(51,52)32-17-15-27-11-8-9-12-28(27)21-32)22-36(34)38(48)33-14-10-13-30-25-43-31(24-42)23-35(30)33/h8-18,21-22,26,31,43H,4-7,19-20,23-25,42H2,1-3H3,(H,45,49). The van der Waals surface area contributed by atoms with Crippen LogP contribution in [0, 0.1) is 0 Å². The molecule has 0 saturated carbocycles. The van der Waals surface area contributed by atoms with Crippen LogP contribution in [0.25, 0.3) is 22.2 Å². The van der Waals surface area contributed by atoms with Crippen LogP contribution in [-0.4, -0.2) is 66.1 Å². The number of carbonyl (C=O) groups excluding carboxylic acids is 3. The van der Waals surface area contributed by atoms with Crippen molar-refractivity contribution in [1.82, 2.24) is 24.5 Å². The van der Waals surface area contributed by atoms with E-state index in [0.29, 0.717) is 54.9 Å². The monoisotopic (exact) mass is 734 g/mol. The number of aromatic nitrogens is 2. The highest BCUT2D eigenvalue weighted by molar-refractivity contribution is 7.90. The van der Waals surface area contributed by atoms with Crippen molar-refractivity contribution in [2.45, 2.75) is 63.4 Å². The maximum absolute atomic E-state index is 14.7. The number of nitrogens with one attached hydrogen (secondary N) is 2. The first-order valence-electron chi connectivity index (χ1n) is 18.2. The van der Waals surface area contributed by atoms with E-state index in [2.05, 4.69) is 23.9 Å². The number of hydrogen-bond donors (Lipinski definition) is 3. The Bertz CT molecular complexity index is 2270. The van der Waals surface area contributed by atoms with E-state index >= 15 is 0 Å². The highest BCUT2D eigenvalue weighted by atomic mass is 32.2. The molecule has 1 atom stereocenters. The molecular formula is C41H46N6O5S. The largest absolute Gasteiger partial charge is 0.337 e. The van der Waals surface area contributed by atoms with Gasteiger partial charge >= 0.3 is 0 Å². The van der Waals surface area contributed by atoms with Gasteiger partial charge in [0.25, 0.3) is 21.8 Å². The predicted molar refractivity (Wildman–Crippen MR) is 206 cm³/mol. The van der Waals surface area contributed by atoms with Crippen LogP contribution in [-0.2, 0) is 30.0 Å². The summed E-state index contributed by atoms with van der Waals surface area (Å²) in [5.41, 5.74) is 9.09. The highest BCUT2D eigenvalue weighted by Gasteiger charge is 2.28. The molecule has 53 heavy (non-hydrogen) atoms. The Kier molecular flexibility index (Phi) is 11.5. The lowest BCUT2D eigenvalue weighted by molar-refractivity contribution is 0.0745. The van der Waals surface area contributed by atoms with Crippen LogP contribution < -0.4 is 15.8 Å². The van der Waals surface area contributed by atoms with Gasteiger partial charge in [0.15, 0.2) is 5.78 Å². The van der Waals surface area contributed by atoms with E-state index in [9.17, 15) is 22.8 Å². The van der Waals surface area contributed by atoms with Gasteiger partial charge < -0.3 is 20.5 Å². The molecule has 0 spiro atoms. The molecule has 5 aromatic rings. The summed E-state index contributed by atoms with van der Waals surface area (Å²) >= 11 is 0. The van der Waals surface area contributed by atoms with E-state index in [1.807, 2.05) is 35.2 Å². The maximum Gasteiger partial charge on any atom is 0.274 e. The number of rotatable bonds is 14. The van der Waals surface area contributed by atoms with Gasteiger partial charge in [0, 0.05) is 67.7 Å². The van der Waals surface area contributed by atoms with Crippen molar-refractivity contribution >= 4 is 38.4 Å². The summed E-state index contributed by atoms with van der Waals surface area (Å²) < 4.78 is 30.8. The number of sulfonamides is 1. The van der Waals surface area contributed by atoms with Gasteiger partial charge in [0.2, 0.25) is 0 Å². The Morgan fingerprint density at radius 2 is 1.66 bits per heavy atom. The molecule has 0 aliphatic carbocycles. The van der Waals surface area contributed by atoms with Crippen molar-refractivity contribution in [2.24, 2.45) is 12.8 Å². The molecule has 276 valence electrons. The Hall–Kier alpha value is -5.17. The van der Waals surface area contributed by atoms with Crippen molar-refractivity contribution in [3.63, 3.8) is 0 Å². The zero-order chi connectivity index (χ0) is 37.7. The minimum Gasteiger partial charge on any atom is -0.337 e. The van der Waals surface area contributed by atoms with Crippen LogP contribution in [0.1, 0.15) is 87.4 Å². The molecule has 0 radical (unpaired) electrons. The topological polar surface area (TPSA) is 156 Å². The number of unbranched alkanes of at least 4 members (excludes halogenated alkanes) is 2. The lowest BCUT2D eigenvalue weighted by atomic mass is 9.86. The number of ketones is 1. The molecule has 0 saturated heterocycles. The second kappa shape index (κ2) is 16.2. The number of benzene rings is 4. The molecule has 6 rings (SSSR count). The number of aryl methyl sites for hydroxylation is 1. The van der Waals surface area contributed by atoms with Crippen molar-refractivity contribution in [2.75, 3.05) is 19.6 Å². The summed E-state index contributed by atoms with van der Waals surface area (Å²) in [6.07, 6.45) is 5.84. The molecule has 12 heteroatoms. The number of imidazole rings is 1. The quantitative estimate of drug-likeness (QED) is 0.125. The van der Waals surface area contributed by atoms with Gasteiger partial charge in [-0.3, -0.25) is 14.4 Å². The van der Waals surface area contributed by atoms with Crippen LogP contribution in [0.4, 0.5) is 0 Å². The molecule has 0 bridgehead atoms. The third-order valence-electron chi connectivity index (χ3n) is 9.81. The van der Waals surface area contributed by atoms with Crippen LogP contribution in [0.2, 0.25) is 0 Å². The molecule has 1 unspecified atom stereocenters. The van der Waals surface area contributed by atoms with Gasteiger partial charge in [-0.2, -0.15) is 0 Å². The van der Waals surface area contributed by atoms with E-state index in [1.165, 1.54) is 24.3 Å². The van der Waals surface area contributed by atoms with E-state index in [0.717, 1.165) is 42.2 Å². The fourth-order valence-corrected chi connectivity index (χ4v) is 7.79. The first-order valence-corrected chi connectivity index (χ1v) is 19.6. The second-order valence-electron chi connectivity index (χ2n) is 13.6. The van der Waals surface area contributed by atoms with Crippen molar-refractivity contribution in [3.8, 4) is 11.4 Å². The molecule has 11 nitrogen and oxygen atoms in total. The summed E-state index contributed by atoms with van der Waals surface area (Å²) in [5, 5.41) is 4.97. The molecule has 1 aromatic heterocycles. The summed E-state index contributed by atoms with van der Waals surface area (Å²) in [4.78, 5) is 48.6. The third kappa shape index (κ3) is 8.09. The van der Waals surface area contributed by atoms with Crippen molar-refractivity contribution in [3.05, 3.63) is 119 Å². The van der Waals surface area contributed by atoms with Gasteiger partial charge in [-0.05, 0) is 71.5 Å². The Balaban J connectivity index is 1.41. The predicted octanol–water partition coefficient (Wildman–Crippen LogP) is 5.61. The average molecular weight is 735 g/mol. The number of nitrogens with zero attached hydrogens (tertiary/aromatic N) is 3. The summed E-state index contributed by atoms with van der Waals surface area (Å²) in [6, 6.07) is 22.0. The third-order valence-corrected chi connectivity index (χ3v) is 11.1. The first kappa shape index (κ1) is 37.6. The summed E-state index contributed by atoms with van der Waals surface area (Å²) in [7, 11) is -2.51. The molecular weight excluding hydrogens is 689 g/mol. The van der Waals surface area contributed by atoms with E-state index in [4.69, 9.17) is 10.7 Å². The Morgan fingerprint density at radius 3 is 2.38 bits per heavy atom. The van der Waals surface area contributed by atoms with Crippen LogP contribution >= 0.6 is 0 Å². The minimum atomic E-state index is -4.26. The van der Waals surface area contributed by atoms with Gasteiger partial charge in [-0.25, -0.2) is 18.1 Å². The summed E-state index contributed by atoms with van der Waals surface area (Å²) in [6.45, 7) is 6.35. The fourth-order valence-electron chi connectivity index (χ4n) is 6.78. The first-order chi connectivity index (χ1) is 25.5. The van der Waals surface area contributed by atoms with Crippen molar-refractivity contribution in [1.29, 1.82) is 0 Å². The average Bonchev–Trinajstić information content (AvgIpc) is 3.57. The highest BCUT2D eigenvalue weighted by Crippen LogP contribution is 2.30. The number of carbonyl (C=O) groups is 3. The minimum absolute atomic E-state index is 0.0141. The molecule has 2 heterocycles. The lowest BCUT2D eigenvalue weighted by Gasteiger charge is -2.27. The molecule has 1 aliphatic heterocycles. The van der Waals surface area contributed by atoms with Crippen LogP contribution in [0.3, 0.4) is 0 Å². The molecule has 0 fully saturated rings. The van der Waals surface area contributed by atoms with Crippen molar-refractivity contribution < 1.29 is 22.8 Å². The van der Waals surface area contributed by atoms with Gasteiger partial charge in [0.05, 0.1) is 4.90 Å². The zero-order valence-corrected chi connectivity index (χ0v) is 31.2. The SMILES string of the molecule is CCCCN(CCCC)C(=O)c1cn(C)c(-c2ccc(C(=O)NS(=O)(=O)c3ccc4ccccc4c3)cc2C(=O)c2cccc3c2CC(CN)NC3)n1. The number of fused-ring (bicyclic) bond motifs is 2. The summed E-state index contributed by atoms with van der Waals surface area (Å²) in [5.74, 6) is -1.07. The van der Waals surface area contributed by atoms with Crippen LogP contribution in [0.15, 0.2) is 90.0 Å². The molecule has 1 aliphatic rings.